The summed E-state index contributed by atoms with van der Waals surface area (Å²) >= 11 is 3.28. The first-order chi connectivity index (χ1) is 9.08. The molecule has 3 rings (SSSR count). The summed E-state index contributed by atoms with van der Waals surface area (Å²) in [6, 6.07) is 5.42. The largest absolute Gasteiger partial charge is 0.476 e. The van der Waals surface area contributed by atoms with Gasteiger partial charge in [0, 0.05) is 12.6 Å². The van der Waals surface area contributed by atoms with Crippen LogP contribution in [0.5, 0.6) is 11.5 Å². The minimum atomic E-state index is -1.07. The first-order valence-electron chi connectivity index (χ1n) is 5.43. The van der Waals surface area contributed by atoms with Crippen molar-refractivity contribution < 1.29 is 19.4 Å². The second kappa shape index (κ2) is 4.27. The van der Waals surface area contributed by atoms with Crippen LogP contribution in [0, 0.1) is 0 Å². The Bertz CT molecular complexity index is 681. The highest BCUT2D eigenvalue weighted by Crippen LogP contribution is 2.38. The van der Waals surface area contributed by atoms with E-state index in [0.29, 0.717) is 21.7 Å². The summed E-state index contributed by atoms with van der Waals surface area (Å²) in [5, 5.41) is 13.0. The number of hydrogen-bond acceptors (Lipinski definition) is 4. The van der Waals surface area contributed by atoms with Gasteiger partial charge in [0.2, 0.25) is 6.79 Å². The Morgan fingerprint density at radius 2 is 2.16 bits per heavy atom. The van der Waals surface area contributed by atoms with E-state index >= 15 is 0 Å². The fourth-order valence-corrected chi connectivity index (χ4v) is 2.73. The van der Waals surface area contributed by atoms with Crippen molar-refractivity contribution in [1.82, 2.24) is 9.78 Å². The van der Waals surface area contributed by atoms with E-state index in [1.165, 1.54) is 4.68 Å². The molecule has 98 valence electrons. The standard InChI is InChI=1S/C12H9BrN2O4/c1-15-11(9(13)10(14-15)12(16)17)6-2-3-7-8(4-6)19-5-18-7/h2-4H,5H2,1H3,(H,16,17). The summed E-state index contributed by atoms with van der Waals surface area (Å²) in [5.74, 6) is 0.248. The maximum absolute atomic E-state index is 11.1. The van der Waals surface area contributed by atoms with E-state index in [0.717, 1.165) is 5.56 Å². The number of carboxylic acids is 1. The molecule has 2 aromatic rings. The third-order valence-electron chi connectivity index (χ3n) is 2.84. The molecule has 0 radical (unpaired) electrons. The van der Waals surface area contributed by atoms with Gasteiger partial charge >= 0.3 is 5.97 Å². The van der Waals surface area contributed by atoms with Crippen LogP contribution in [0.25, 0.3) is 11.3 Å². The van der Waals surface area contributed by atoms with Gasteiger partial charge in [-0.25, -0.2) is 4.79 Å². The average Bonchev–Trinajstić information content (AvgIpc) is 2.93. The number of fused-ring (bicyclic) bond motifs is 1. The first-order valence-corrected chi connectivity index (χ1v) is 6.23. The van der Waals surface area contributed by atoms with E-state index in [1.54, 1.807) is 19.2 Å². The molecule has 1 aliphatic heterocycles. The Labute approximate surface area is 116 Å². The first kappa shape index (κ1) is 12.0. The second-order valence-corrected chi connectivity index (χ2v) is 4.80. The molecule has 2 heterocycles. The highest BCUT2D eigenvalue weighted by molar-refractivity contribution is 9.10. The van der Waals surface area contributed by atoms with Crippen LogP contribution in [0.15, 0.2) is 22.7 Å². The van der Waals surface area contributed by atoms with Gasteiger partial charge in [0.1, 0.15) is 0 Å². The fraction of sp³-hybridized carbons (Fsp3) is 0.167. The van der Waals surface area contributed by atoms with Gasteiger partial charge in [0.05, 0.1) is 10.2 Å². The van der Waals surface area contributed by atoms with Gasteiger partial charge in [-0.15, -0.1) is 0 Å². The smallest absolute Gasteiger partial charge is 0.357 e. The van der Waals surface area contributed by atoms with Crippen molar-refractivity contribution in [1.29, 1.82) is 0 Å². The van der Waals surface area contributed by atoms with Crippen molar-refractivity contribution >= 4 is 21.9 Å². The van der Waals surface area contributed by atoms with Gasteiger partial charge < -0.3 is 14.6 Å². The topological polar surface area (TPSA) is 73.6 Å². The van der Waals surface area contributed by atoms with Gasteiger partial charge in [-0.3, -0.25) is 4.68 Å². The molecule has 0 bridgehead atoms. The van der Waals surface area contributed by atoms with Crippen molar-refractivity contribution in [2.45, 2.75) is 0 Å². The van der Waals surface area contributed by atoms with Crippen molar-refractivity contribution in [3.63, 3.8) is 0 Å². The quantitative estimate of drug-likeness (QED) is 0.917. The minimum Gasteiger partial charge on any atom is -0.476 e. The Balaban J connectivity index is 2.14. The van der Waals surface area contributed by atoms with Gasteiger partial charge in [-0.2, -0.15) is 5.10 Å². The monoisotopic (exact) mass is 324 g/mol. The number of carbonyl (C=O) groups is 1. The number of rotatable bonds is 2. The molecule has 0 saturated carbocycles. The summed E-state index contributed by atoms with van der Waals surface area (Å²) in [5.41, 5.74) is 1.46. The number of aromatic nitrogens is 2. The van der Waals surface area contributed by atoms with E-state index in [-0.39, 0.29) is 12.5 Å². The molecule has 0 spiro atoms. The number of halogens is 1. The van der Waals surface area contributed by atoms with Crippen LogP contribution in [0.1, 0.15) is 10.5 Å². The lowest BCUT2D eigenvalue weighted by atomic mass is 10.1. The zero-order valence-electron chi connectivity index (χ0n) is 9.88. The Morgan fingerprint density at radius 3 is 2.84 bits per heavy atom. The molecule has 19 heavy (non-hydrogen) atoms. The number of aromatic carboxylic acids is 1. The van der Waals surface area contributed by atoms with Gasteiger partial charge in [0.15, 0.2) is 17.2 Å². The van der Waals surface area contributed by atoms with E-state index < -0.39 is 5.97 Å². The number of ether oxygens (including phenoxy) is 2. The van der Waals surface area contributed by atoms with Crippen LogP contribution in [0.3, 0.4) is 0 Å². The molecular weight excluding hydrogens is 316 g/mol. The normalized spacial score (nSPS) is 12.7. The SMILES string of the molecule is Cn1nc(C(=O)O)c(Br)c1-c1ccc2c(c1)OCO2. The fourth-order valence-electron chi connectivity index (χ4n) is 1.99. The number of benzene rings is 1. The maximum atomic E-state index is 11.1. The molecule has 0 amide bonds. The van der Waals surface area contributed by atoms with Crippen molar-refractivity contribution in [3.05, 3.63) is 28.4 Å². The Morgan fingerprint density at radius 1 is 1.42 bits per heavy atom. The summed E-state index contributed by atoms with van der Waals surface area (Å²) in [6.45, 7) is 0.200. The maximum Gasteiger partial charge on any atom is 0.357 e. The zero-order valence-corrected chi connectivity index (χ0v) is 11.5. The molecule has 0 unspecified atom stereocenters. The van der Waals surface area contributed by atoms with E-state index in [1.807, 2.05) is 6.07 Å². The number of nitrogens with zero attached hydrogens (tertiary/aromatic N) is 2. The number of carboxylic acid groups (broad SMARTS) is 1. The molecule has 0 aliphatic carbocycles. The molecule has 1 aliphatic rings. The molecule has 1 N–H and O–H groups in total. The van der Waals surface area contributed by atoms with Gasteiger partial charge in [-0.05, 0) is 34.1 Å². The third kappa shape index (κ3) is 1.86. The lowest BCUT2D eigenvalue weighted by molar-refractivity contribution is 0.0688. The highest BCUT2D eigenvalue weighted by atomic mass is 79.9. The summed E-state index contributed by atoms with van der Waals surface area (Å²) in [7, 11) is 1.69. The Kier molecular flexibility index (Phi) is 2.70. The molecule has 0 fully saturated rings. The molecule has 1 aromatic heterocycles. The van der Waals surface area contributed by atoms with Crippen LogP contribution < -0.4 is 9.47 Å². The molecule has 1 aromatic carbocycles. The highest BCUT2D eigenvalue weighted by Gasteiger charge is 2.22. The van der Waals surface area contributed by atoms with Crippen LogP contribution in [0.4, 0.5) is 0 Å². The third-order valence-corrected chi connectivity index (χ3v) is 3.59. The van der Waals surface area contributed by atoms with Crippen molar-refractivity contribution in [2.75, 3.05) is 6.79 Å². The van der Waals surface area contributed by atoms with Crippen LogP contribution in [-0.4, -0.2) is 27.6 Å². The molecular formula is C12H9BrN2O4. The second-order valence-electron chi connectivity index (χ2n) is 4.01. The predicted octanol–water partition coefficient (Wildman–Crippen LogP) is 2.28. The predicted molar refractivity (Wildman–Crippen MR) is 69.4 cm³/mol. The summed E-state index contributed by atoms with van der Waals surface area (Å²) in [4.78, 5) is 11.1. The summed E-state index contributed by atoms with van der Waals surface area (Å²) in [6.07, 6.45) is 0. The summed E-state index contributed by atoms with van der Waals surface area (Å²) < 4.78 is 12.5. The molecule has 0 saturated heterocycles. The molecule has 0 atom stereocenters. The zero-order chi connectivity index (χ0) is 13.6. The van der Waals surface area contributed by atoms with Crippen LogP contribution in [0.2, 0.25) is 0 Å². The van der Waals surface area contributed by atoms with E-state index in [2.05, 4.69) is 21.0 Å². The van der Waals surface area contributed by atoms with Gasteiger partial charge in [0.25, 0.3) is 0 Å². The van der Waals surface area contributed by atoms with Crippen molar-refractivity contribution in [2.24, 2.45) is 7.05 Å². The van der Waals surface area contributed by atoms with E-state index in [4.69, 9.17) is 14.6 Å². The van der Waals surface area contributed by atoms with Gasteiger partial charge in [-0.1, -0.05) is 0 Å². The lowest BCUT2D eigenvalue weighted by Gasteiger charge is -2.04. The minimum absolute atomic E-state index is 0.0184. The molecule has 6 nitrogen and oxygen atoms in total. The lowest BCUT2D eigenvalue weighted by Crippen LogP contribution is -1.99. The van der Waals surface area contributed by atoms with Crippen LogP contribution >= 0.6 is 15.9 Å². The van der Waals surface area contributed by atoms with Crippen molar-refractivity contribution in [3.8, 4) is 22.8 Å². The Hall–Kier alpha value is -2.02. The molecule has 7 heteroatoms. The van der Waals surface area contributed by atoms with Crippen LogP contribution in [-0.2, 0) is 7.05 Å². The average molecular weight is 325 g/mol. The number of aryl methyl sites for hydroxylation is 1. The van der Waals surface area contributed by atoms with E-state index in [9.17, 15) is 4.79 Å². The number of hydrogen-bond donors (Lipinski definition) is 1.